The van der Waals surface area contributed by atoms with Gasteiger partial charge in [0, 0.05) is 96.0 Å². The molecule has 0 radical (unpaired) electrons. The van der Waals surface area contributed by atoms with Gasteiger partial charge in [0.05, 0.1) is 26.4 Å². The molecule has 14 heteroatoms. The van der Waals surface area contributed by atoms with E-state index in [0.29, 0.717) is 11.8 Å². The van der Waals surface area contributed by atoms with Gasteiger partial charge in [0.25, 0.3) is 0 Å². The molecule has 4 fully saturated rings. The predicted molar refractivity (Wildman–Crippen MR) is 274 cm³/mol. The number of aryl methyl sites for hydroxylation is 2. The van der Waals surface area contributed by atoms with Crippen LogP contribution in [0.1, 0.15) is 134 Å². The fourth-order valence-electron chi connectivity index (χ4n) is 10.6. The normalized spacial score (nSPS) is 19.6. The van der Waals surface area contributed by atoms with Gasteiger partial charge in [-0.25, -0.2) is 15.0 Å². The summed E-state index contributed by atoms with van der Waals surface area (Å²) in [7, 11) is 4.10. The summed E-state index contributed by atoms with van der Waals surface area (Å²) in [5, 5.41) is 7.74. The standard InChI is InChI=1S/C19H21N3O2S.C16H19IN2O2.3C4H9.C3H2NS.Sn/c1-22-12-16(18-20-6-9-25-18)15-10-14(11-21-17(15)22)13-2-4-19(5-3-13)23-7-8-24-19;1-19-10-14(17)13-8-12(9-18-15(13)19)11-2-4-16(5-3-11)20-6-7-21-16;3*1-3-4-2;1-2-5-3-4-1;/h6,9-13H,2-5,7-8H2,1H3;8-11H,2-7H2,1H3;3*1,3-4H2,2H3;1-2H;. The first-order chi connectivity index (χ1) is 31.2. The summed E-state index contributed by atoms with van der Waals surface area (Å²) >= 11 is 3.90. The second-order valence-corrected chi connectivity index (χ2v) is 35.5. The van der Waals surface area contributed by atoms with Crippen LogP contribution >= 0.6 is 45.3 Å². The molecule has 0 amide bonds. The van der Waals surface area contributed by atoms with Gasteiger partial charge in [0.1, 0.15) is 16.3 Å². The third-order valence-electron chi connectivity index (χ3n) is 14.3. The summed E-state index contributed by atoms with van der Waals surface area (Å²) in [5.41, 5.74) is 5.95. The Morgan fingerprint density at radius 1 is 0.641 bits per heavy atom. The molecule has 8 heterocycles. The molecule has 64 heavy (non-hydrogen) atoms. The summed E-state index contributed by atoms with van der Waals surface area (Å²) in [6.07, 6.45) is 29.0. The van der Waals surface area contributed by atoms with E-state index in [0.717, 1.165) is 94.1 Å². The fraction of sp³-hybridized carbons (Fsp3) is 0.600. The Bertz CT molecular complexity index is 2330. The summed E-state index contributed by atoms with van der Waals surface area (Å²) in [6.45, 7) is 9.97. The maximum atomic E-state index is 5.86. The van der Waals surface area contributed by atoms with Crippen LogP contribution in [0, 0.1) is 3.57 Å². The second kappa shape index (κ2) is 22.4. The summed E-state index contributed by atoms with van der Waals surface area (Å²) in [6, 6.07) is 4.64. The SMILES string of the molecule is CCC[CH2][Sn]([CH2]CCC)([CH2]CCC)[c]1nccs1.Cn1cc(-c2nccs2)c2cc(C3CCC4(CC3)OCCO4)cnc21.Cn1cc(I)c2cc(C3CCC4(CC3)OCCO4)cnc21. The molecular weight excluding hydrogens is 1060 g/mol. The molecule has 2 aliphatic carbocycles. The number of aromatic nitrogens is 6. The van der Waals surface area contributed by atoms with Crippen LogP contribution in [0.3, 0.4) is 0 Å². The molecule has 4 aliphatic rings. The summed E-state index contributed by atoms with van der Waals surface area (Å²) < 4.78 is 35.0. The van der Waals surface area contributed by atoms with Gasteiger partial charge in [-0.2, -0.15) is 0 Å². The molecule has 10 rings (SSSR count). The maximum absolute atomic E-state index is 5.86. The zero-order valence-corrected chi connectivity index (χ0v) is 45.4. The van der Waals surface area contributed by atoms with Crippen LogP contribution in [0.4, 0.5) is 0 Å². The van der Waals surface area contributed by atoms with Gasteiger partial charge >= 0.3 is 122 Å². The monoisotopic (exact) mass is 1130 g/mol. The van der Waals surface area contributed by atoms with Crippen molar-refractivity contribution in [3.63, 3.8) is 0 Å². The van der Waals surface area contributed by atoms with E-state index >= 15 is 0 Å². The van der Waals surface area contributed by atoms with Crippen molar-refractivity contribution in [1.29, 1.82) is 0 Å². The van der Waals surface area contributed by atoms with E-state index < -0.39 is 18.4 Å². The number of pyridine rings is 2. The number of hydrogen-bond acceptors (Lipinski definition) is 10. The molecule has 6 aromatic rings. The number of thiazole rings is 2. The fourth-order valence-corrected chi connectivity index (χ4v) is 31.2. The van der Waals surface area contributed by atoms with Gasteiger partial charge in [-0.1, -0.05) is 0 Å². The minimum atomic E-state index is -2.12. The van der Waals surface area contributed by atoms with E-state index in [4.69, 9.17) is 28.9 Å². The van der Waals surface area contributed by atoms with Crippen LogP contribution in [0.15, 0.2) is 60.1 Å². The van der Waals surface area contributed by atoms with Crippen molar-refractivity contribution in [3.05, 3.63) is 74.8 Å². The van der Waals surface area contributed by atoms with Gasteiger partial charge < -0.3 is 28.1 Å². The number of halogens is 1. The second-order valence-electron chi connectivity index (χ2n) is 18.6. The zero-order chi connectivity index (χ0) is 44.6. The molecule has 2 aliphatic heterocycles. The Balaban J connectivity index is 0.000000134. The Hall–Kier alpha value is -1.99. The zero-order valence-electron chi connectivity index (χ0n) is 38.8. The van der Waals surface area contributed by atoms with Crippen molar-refractivity contribution >= 4 is 88.7 Å². The average Bonchev–Trinajstić information content (AvgIpc) is 4.21. The smallest absolute Gasteiger partial charge is 0.168 e. The molecule has 2 saturated carbocycles. The van der Waals surface area contributed by atoms with Crippen LogP contribution in [0.25, 0.3) is 32.6 Å². The van der Waals surface area contributed by atoms with E-state index in [1.165, 1.54) is 69.6 Å². The van der Waals surface area contributed by atoms with Gasteiger partial charge in [0.15, 0.2) is 11.6 Å². The van der Waals surface area contributed by atoms with Gasteiger partial charge in [0.2, 0.25) is 0 Å². The molecule has 0 atom stereocenters. The van der Waals surface area contributed by atoms with Crippen molar-refractivity contribution in [2.24, 2.45) is 14.1 Å². The summed E-state index contributed by atoms with van der Waals surface area (Å²) in [5.74, 6) is 0.540. The minimum Gasteiger partial charge on any atom is -0.348 e. The molecule has 0 bridgehead atoms. The minimum absolute atomic E-state index is 0.269. The number of rotatable bonds is 13. The number of hydrogen-bond donors (Lipinski definition) is 0. The van der Waals surface area contributed by atoms with Crippen LogP contribution in [-0.4, -0.2) is 85.4 Å². The van der Waals surface area contributed by atoms with Crippen LogP contribution in [-0.2, 0) is 33.0 Å². The molecule has 0 aromatic carbocycles. The van der Waals surface area contributed by atoms with Crippen molar-refractivity contribution < 1.29 is 18.9 Å². The predicted octanol–water partition coefficient (Wildman–Crippen LogP) is 12.9. The van der Waals surface area contributed by atoms with Gasteiger partial charge in [-0.3, -0.25) is 0 Å². The molecule has 2 saturated heterocycles. The summed E-state index contributed by atoms with van der Waals surface area (Å²) in [4.78, 5) is 18.7. The average molecular weight is 1130 g/mol. The van der Waals surface area contributed by atoms with Gasteiger partial charge in [-0.05, 0) is 83.4 Å². The van der Waals surface area contributed by atoms with E-state index in [1.807, 2.05) is 42.4 Å². The van der Waals surface area contributed by atoms with Crippen LogP contribution < -0.4 is 3.02 Å². The third-order valence-corrected chi connectivity index (χ3v) is 34.6. The number of ether oxygens (including phenoxy) is 4. The Morgan fingerprint density at radius 2 is 1.11 bits per heavy atom. The Kier molecular flexibility index (Phi) is 17.0. The van der Waals surface area contributed by atoms with Crippen molar-refractivity contribution in [1.82, 2.24) is 29.1 Å². The van der Waals surface area contributed by atoms with E-state index in [2.05, 4.69) is 106 Å². The Morgan fingerprint density at radius 3 is 1.58 bits per heavy atom. The van der Waals surface area contributed by atoms with E-state index in [-0.39, 0.29) is 11.6 Å². The maximum Gasteiger partial charge on any atom is 0.168 e. The van der Waals surface area contributed by atoms with Crippen LogP contribution in [0.2, 0.25) is 13.3 Å². The van der Waals surface area contributed by atoms with Crippen molar-refractivity contribution in [2.45, 2.75) is 147 Å². The molecular formula is C50H69IN6O4S2Sn. The van der Waals surface area contributed by atoms with Crippen LogP contribution in [0.5, 0.6) is 0 Å². The first-order valence-electron chi connectivity index (χ1n) is 24.1. The molecule has 2 spiro atoms. The third kappa shape index (κ3) is 11.1. The topological polar surface area (TPSA) is 98.3 Å². The number of unbranched alkanes of at least 4 members (excludes halogenated alkanes) is 3. The van der Waals surface area contributed by atoms with Crippen molar-refractivity contribution in [2.75, 3.05) is 26.4 Å². The van der Waals surface area contributed by atoms with E-state index in [1.54, 1.807) is 27.7 Å². The molecule has 0 N–H and O–H groups in total. The molecule has 0 unspecified atom stereocenters. The Labute approximate surface area is 406 Å². The molecule has 6 aromatic heterocycles. The van der Waals surface area contributed by atoms with Crippen molar-refractivity contribution in [3.8, 4) is 10.6 Å². The van der Waals surface area contributed by atoms with E-state index in [9.17, 15) is 0 Å². The quantitative estimate of drug-likeness (QED) is 0.0833. The number of fused-ring (bicyclic) bond motifs is 2. The largest absolute Gasteiger partial charge is 0.348 e. The first kappa shape index (κ1) is 48.5. The first-order valence-corrected chi connectivity index (χ1v) is 34.4. The molecule has 346 valence electrons. The number of nitrogens with zero attached hydrogens (tertiary/aromatic N) is 6. The molecule has 10 nitrogen and oxygen atoms in total. The van der Waals surface area contributed by atoms with Gasteiger partial charge in [-0.15, -0.1) is 11.3 Å².